The Hall–Kier alpha value is -1.54. The standard InChI is InChI=1S/C18H25NO/c1-6-7-15-8-10-16(11-9-15)18(19-5)17-12(2)13(3)20-14(17)4/h8-11,18-19H,6-7H2,1-5H3. The molecule has 0 aliphatic carbocycles. The Morgan fingerprint density at radius 3 is 2.15 bits per heavy atom. The van der Waals surface area contributed by atoms with Crippen LogP contribution in [0.25, 0.3) is 0 Å². The van der Waals surface area contributed by atoms with E-state index in [-0.39, 0.29) is 6.04 Å². The van der Waals surface area contributed by atoms with Gasteiger partial charge in [-0.3, -0.25) is 0 Å². The predicted molar refractivity (Wildman–Crippen MR) is 84.3 cm³/mol. The Morgan fingerprint density at radius 1 is 1.05 bits per heavy atom. The highest BCUT2D eigenvalue weighted by Gasteiger charge is 2.21. The molecule has 2 rings (SSSR count). The first-order chi connectivity index (χ1) is 9.58. The van der Waals surface area contributed by atoms with Crippen molar-refractivity contribution in [2.45, 2.75) is 46.6 Å². The highest BCUT2D eigenvalue weighted by molar-refractivity contribution is 5.41. The second-order valence-corrected chi connectivity index (χ2v) is 5.47. The molecule has 0 fully saturated rings. The summed E-state index contributed by atoms with van der Waals surface area (Å²) in [4.78, 5) is 0. The van der Waals surface area contributed by atoms with Crippen LogP contribution < -0.4 is 5.32 Å². The lowest BCUT2D eigenvalue weighted by Crippen LogP contribution is -2.18. The first-order valence-electron chi connectivity index (χ1n) is 7.41. The van der Waals surface area contributed by atoms with Gasteiger partial charge in [0.1, 0.15) is 11.5 Å². The van der Waals surface area contributed by atoms with Crippen molar-refractivity contribution >= 4 is 0 Å². The maximum Gasteiger partial charge on any atom is 0.106 e. The molecule has 1 unspecified atom stereocenters. The van der Waals surface area contributed by atoms with Crippen molar-refractivity contribution < 1.29 is 4.42 Å². The van der Waals surface area contributed by atoms with Crippen molar-refractivity contribution in [3.05, 3.63) is 58.0 Å². The summed E-state index contributed by atoms with van der Waals surface area (Å²) in [6.07, 6.45) is 2.33. The fourth-order valence-corrected chi connectivity index (χ4v) is 2.88. The first-order valence-corrected chi connectivity index (χ1v) is 7.41. The summed E-state index contributed by atoms with van der Waals surface area (Å²) >= 11 is 0. The van der Waals surface area contributed by atoms with Gasteiger partial charge in [-0.2, -0.15) is 0 Å². The Morgan fingerprint density at radius 2 is 1.70 bits per heavy atom. The van der Waals surface area contributed by atoms with Gasteiger partial charge in [0.2, 0.25) is 0 Å². The fourth-order valence-electron chi connectivity index (χ4n) is 2.88. The van der Waals surface area contributed by atoms with E-state index in [2.05, 4.69) is 43.4 Å². The Bertz CT molecular complexity index is 566. The molecule has 0 bridgehead atoms. The van der Waals surface area contributed by atoms with E-state index in [1.165, 1.54) is 28.7 Å². The molecule has 2 nitrogen and oxygen atoms in total. The molecule has 20 heavy (non-hydrogen) atoms. The molecule has 1 aromatic carbocycles. The van der Waals surface area contributed by atoms with Crippen LogP contribution in [0.4, 0.5) is 0 Å². The lowest BCUT2D eigenvalue weighted by molar-refractivity contribution is 0.495. The maximum absolute atomic E-state index is 5.77. The Kier molecular flexibility index (Phi) is 4.66. The summed E-state index contributed by atoms with van der Waals surface area (Å²) in [7, 11) is 2.01. The van der Waals surface area contributed by atoms with Gasteiger partial charge < -0.3 is 9.73 Å². The molecule has 0 aliphatic rings. The predicted octanol–water partition coefficient (Wildman–Crippen LogP) is 4.47. The number of rotatable bonds is 5. The molecule has 0 aliphatic heterocycles. The normalized spacial score (nSPS) is 12.7. The van der Waals surface area contributed by atoms with Gasteiger partial charge in [0.25, 0.3) is 0 Å². The first kappa shape index (κ1) is 14.9. The van der Waals surface area contributed by atoms with Gasteiger partial charge in [-0.05, 0) is 50.9 Å². The fraction of sp³-hybridized carbons (Fsp3) is 0.444. The van der Waals surface area contributed by atoms with Gasteiger partial charge in [-0.25, -0.2) is 0 Å². The van der Waals surface area contributed by atoms with Crippen molar-refractivity contribution in [2.75, 3.05) is 7.05 Å². The van der Waals surface area contributed by atoms with E-state index in [1.807, 2.05) is 20.9 Å². The molecule has 108 valence electrons. The summed E-state index contributed by atoms with van der Waals surface area (Å²) in [5.41, 5.74) is 5.22. The van der Waals surface area contributed by atoms with E-state index in [4.69, 9.17) is 4.42 Å². The zero-order chi connectivity index (χ0) is 14.7. The Balaban J connectivity index is 2.36. The van der Waals surface area contributed by atoms with Gasteiger partial charge in [0, 0.05) is 5.56 Å². The number of nitrogens with one attached hydrogen (secondary N) is 1. The molecule has 2 heteroatoms. The molecule has 0 amide bonds. The molecule has 2 aromatic rings. The zero-order valence-corrected chi connectivity index (χ0v) is 13.2. The number of furan rings is 1. The quantitative estimate of drug-likeness (QED) is 0.868. The van der Waals surface area contributed by atoms with E-state index >= 15 is 0 Å². The average Bonchev–Trinajstić information content (AvgIpc) is 2.68. The van der Waals surface area contributed by atoms with Crippen LogP contribution in [0.3, 0.4) is 0 Å². The molecule has 0 saturated carbocycles. The maximum atomic E-state index is 5.77. The van der Waals surface area contributed by atoms with Gasteiger partial charge >= 0.3 is 0 Å². The third kappa shape index (κ3) is 2.80. The molecule has 0 saturated heterocycles. The van der Waals surface area contributed by atoms with Gasteiger partial charge in [-0.15, -0.1) is 0 Å². The molecule has 1 aromatic heterocycles. The van der Waals surface area contributed by atoms with Crippen molar-refractivity contribution in [3.8, 4) is 0 Å². The van der Waals surface area contributed by atoms with Gasteiger partial charge in [0.05, 0.1) is 6.04 Å². The lowest BCUT2D eigenvalue weighted by atomic mass is 9.94. The number of aryl methyl sites for hydroxylation is 3. The highest BCUT2D eigenvalue weighted by atomic mass is 16.3. The summed E-state index contributed by atoms with van der Waals surface area (Å²) < 4.78 is 5.77. The van der Waals surface area contributed by atoms with E-state index in [1.54, 1.807) is 0 Å². The van der Waals surface area contributed by atoms with Crippen LogP contribution in [0.5, 0.6) is 0 Å². The number of hydrogen-bond donors (Lipinski definition) is 1. The van der Waals surface area contributed by atoms with Crippen molar-refractivity contribution in [2.24, 2.45) is 0 Å². The molecular weight excluding hydrogens is 246 g/mol. The minimum Gasteiger partial charge on any atom is -0.466 e. The highest BCUT2D eigenvalue weighted by Crippen LogP contribution is 2.31. The minimum absolute atomic E-state index is 0.197. The van der Waals surface area contributed by atoms with E-state index in [0.717, 1.165) is 17.9 Å². The van der Waals surface area contributed by atoms with Crippen LogP contribution in [0.15, 0.2) is 28.7 Å². The SMILES string of the molecule is CCCc1ccc(C(NC)c2c(C)oc(C)c2C)cc1. The largest absolute Gasteiger partial charge is 0.466 e. The minimum atomic E-state index is 0.197. The lowest BCUT2D eigenvalue weighted by Gasteiger charge is -2.18. The van der Waals surface area contributed by atoms with Crippen LogP contribution in [0.1, 0.15) is 53.2 Å². The molecule has 1 heterocycles. The summed E-state index contributed by atoms with van der Waals surface area (Å²) in [5, 5.41) is 3.42. The monoisotopic (exact) mass is 271 g/mol. The summed E-state index contributed by atoms with van der Waals surface area (Å²) in [6, 6.07) is 9.13. The van der Waals surface area contributed by atoms with Gasteiger partial charge in [0.15, 0.2) is 0 Å². The average molecular weight is 271 g/mol. The molecule has 0 radical (unpaired) electrons. The second-order valence-electron chi connectivity index (χ2n) is 5.47. The van der Waals surface area contributed by atoms with Crippen LogP contribution in [-0.2, 0) is 6.42 Å². The van der Waals surface area contributed by atoms with Crippen LogP contribution in [0.2, 0.25) is 0 Å². The smallest absolute Gasteiger partial charge is 0.106 e. The summed E-state index contributed by atoms with van der Waals surface area (Å²) in [5.74, 6) is 2.03. The van der Waals surface area contributed by atoms with Crippen molar-refractivity contribution in [1.82, 2.24) is 5.32 Å². The zero-order valence-electron chi connectivity index (χ0n) is 13.2. The van der Waals surface area contributed by atoms with Crippen molar-refractivity contribution in [3.63, 3.8) is 0 Å². The number of benzene rings is 1. The Labute approximate surface area is 122 Å². The third-order valence-corrected chi connectivity index (χ3v) is 4.05. The topological polar surface area (TPSA) is 25.2 Å². The molecule has 1 atom stereocenters. The van der Waals surface area contributed by atoms with Crippen LogP contribution in [-0.4, -0.2) is 7.05 Å². The second kappa shape index (κ2) is 6.27. The summed E-state index contributed by atoms with van der Waals surface area (Å²) in [6.45, 7) is 8.43. The van der Waals surface area contributed by atoms with E-state index in [0.29, 0.717) is 0 Å². The molecule has 1 N–H and O–H groups in total. The van der Waals surface area contributed by atoms with Gasteiger partial charge in [-0.1, -0.05) is 37.6 Å². The van der Waals surface area contributed by atoms with Crippen molar-refractivity contribution in [1.29, 1.82) is 0 Å². The molecule has 0 spiro atoms. The van der Waals surface area contributed by atoms with E-state index in [9.17, 15) is 0 Å². The van der Waals surface area contributed by atoms with Crippen LogP contribution >= 0.6 is 0 Å². The van der Waals surface area contributed by atoms with E-state index < -0.39 is 0 Å². The molecular formula is C18H25NO. The van der Waals surface area contributed by atoms with Crippen LogP contribution in [0, 0.1) is 20.8 Å². The number of hydrogen-bond acceptors (Lipinski definition) is 2. The third-order valence-electron chi connectivity index (χ3n) is 4.05.